The number of benzene rings is 1. The van der Waals surface area contributed by atoms with Crippen molar-refractivity contribution < 1.29 is 14.5 Å². The van der Waals surface area contributed by atoms with Gasteiger partial charge in [0.2, 0.25) is 0 Å². The first kappa shape index (κ1) is 22.8. The van der Waals surface area contributed by atoms with Gasteiger partial charge in [-0.2, -0.15) is 0 Å². The Morgan fingerprint density at radius 3 is 2.72 bits per heavy atom. The Morgan fingerprint density at radius 2 is 2.10 bits per heavy atom. The number of piperidine rings is 1. The van der Waals surface area contributed by atoms with Gasteiger partial charge < -0.3 is 15.0 Å². The van der Waals surface area contributed by atoms with Crippen molar-refractivity contribution in [3.8, 4) is 0 Å². The molecule has 1 aliphatic rings. The highest BCUT2D eigenvalue weighted by molar-refractivity contribution is 7.80. The van der Waals surface area contributed by atoms with E-state index in [4.69, 9.17) is 17.0 Å². The first-order valence-electron chi connectivity index (χ1n) is 9.68. The summed E-state index contributed by atoms with van der Waals surface area (Å²) in [7, 11) is 3.26. The average Bonchev–Trinajstić information content (AvgIpc) is 2.71. The molecule has 9 nitrogen and oxygen atoms in total. The maximum absolute atomic E-state index is 12.9. The zero-order valence-corrected chi connectivity index (χ0v) is 18.0. The lowest BCUT2D eigenvalue weighted by atomic mass is 9.98. The number of thiocarbonyl (C=S) groups is 1. The minimum Gasteiger partial charge on any atom is -0.385 e. The summed E-state index contributed by atoms with van der Waals surface area (Å²) in [5.74, 6) is 0.195. The molecule has 29 heavy (non-hydrogen) atoms. The zero-order chi connectivity index (χ0) is 21.4. The van der Waals surface area contributed by atoms with Crippen LogP contribution in [0.1, 0.15) is 36.5 Å². The van der Waals surface area contributed by atoms with Crippen LogP contribution in [-0.4, -0.2) is 61.4 Å². The van der Waals surface area contributed by atoms with Gasteiger partial charge in [-0.3, -0.25) is 25.3 Å². The number of amides is 1. The highest BCUT2D eigenvalue weighted by atomic mass is 32.1. The van der Waals surface area contributed by atoms with Crippen LogP contribution in [0.5, 0.6) is 0 Å². The Hall–Kier alpha value is -2.46. The van der Waals surface area contributed by atoms with Gasteiger partial charge in [0, 0.05) is 52.5 Å². The third-order valence-corrected chi connectivity index (χ3v) is 5.35. The molecule has 0 bridgehead atoms. The maximum atomic E-state index is 12.9. The van der Waals surface area contributed by atoms with Gasteiger partial charge in [-0.1, -0.05) is 6.92 Å². The summed E-state index contributed by atoms with van der Waals surface area (Å²) < 4.78 is 4.99. The van der Waals surface area contributed by atoms with Crippen LogP contribution < -0.4 is 15.6 Å². The van der Waals surface area contributed by atoms with Gasteiger partial charge in [-0.25, -0.2) is 0 Å². The quantitative estimate of drug-likeness (QED) is 0.298. The molecular weight excluding hydrogens is 394 g/mol. The number of carbonyl (C=O) groups excluding carboxylic acids is 1. The predicted molar refractivity (Wildman–Crippen MR) is 116 cm³/mol. The molecule has 1 aromatic carbocycles. The molecule has 2 N–H and O–H groups in total. The molecule has 0 aliphatic carbocycles. The third-order valence-electron chi connectivity index (χ3n) is 4.94. The fourth-order valence-corrected chi connectivity index (χ4v) is 3.29. The van der Waals surface area contributed by atoms with Crippen LogP contribution >= 0.6 is 12.2 Å². The Morgan fingerprint density at radius 1 is 1.41 bits per heavy atom. The normalized spacial score (nSPS) is 14.4. The molecular formula is C19H29N5O4S. The van der Waals surface area contributed by atoms with Crippen LogP contribution in [0.25, 0.3) is 0 Å². The van der Waals surface area contributed by atoms with Crippen molar-refractivity contribution in [3.63, 3.8) is 0 Å². The van der Waals surface area contributed by atoms with Crippen molar-refractivity contribution >= 4 is 34.6 Å². The molecule has 0 spiro atoms. The SMILES string of the molecule is COCCCNC(=S)N(C)NC(=O)c1cc([N+](=O)[O-])ccc1N1CCC(C)CC1. The van der Waals surface area contributed by atoms with E-state index in [0.717, 1.165) is 32.4 Å². The second-order valence-corrected chi connectivity index (χ2v) is 7.59. The van der Waals surface area contributed by atoms with Crippen molar-refractivity contribution in [1.82, 2.24) is 15.8 Å². The number of methoxy groups -OCH3 is 1. The van der Waals surface area contributed by atoms with Crippen molar-refractivity contribution in [3.05, 3.63) is 33.9 Å². The van der Waals surface area contributed by atoms with E-state index >= 15 is 0 Å². The highest BCUT2D eigenvalue weighted by Gasteiger charge is 2.24. The van der Waals surface area contributed by atoms with Gasteiger partial charge in [-0.05, 0) is 43.5 Å². The van der Waals surface area contributed by atoms with Crippen molar-refractivity contribution in [1.29, 1.82) is 0 Å². The second-order valence-electron chi connectivity index (χ2n) is 7.21. The Kier molecular flexibility index (Phi) is 8.59. The van der Waals surface area contributed by atoms with E-state index in [1.165, 1.54) is 17.1 Å². The molecule has 160 valence electrons. The summed E-state index contributed by atoms with van der Waals surface area (Å²) in [5.41, 5.74) is 3.55. The molecule has 1 saturated heterocycles. The molecule has 0 saturated carbocycles. The molecule has 0 radical (unpaired) electrons. The summed E-state index contributed by atoms with van der Waals surface area (Å²) in [6, 6.07) is 4.42. The van der Waals surface area contributed by atoms with Gasteiger partial charge in [-0.15, -0.1) is 0 Å². The Balaban J connectivity index is 2.13. The fraction of sp³-hybridized carbons (Fsp3) is 0.579. The van der Waals surface area contributed by atoms with Crippen LogP contribution in [0.2, 0.25) is 0 Å². The second kappa shape index (κ2) is 10.9. The van der Waals surface area contributed by atoms with E-state index in [1.807, 2.05) is 0 Å². The van der Waals surface area contributed by atoms with Crippen LogP contribution in [0, 0.1) is 16.0 Å². The van der Waals surface area contributed by atoms with Gasteiger partial charge in [0.1, 0.15) is 0 Å². The lowest BCUT2D eigenvalue weighted by molar-refractivity contribution is -0.384. The van der Waals surface area contributed by atoms with Gasteiger partial charge in [0.25, 0.3) is 11.6 Å². The third kappa shape index (κ3) is 6.53. The van der Waals surface area contributed by atoms with E-state index in [2.05, 4.69) is 22.6 Å². The number of hydrogen-bond acceptors (Lipinski definition) is 6. The number of carbonyl (C=O) groups is 1. The smallest absolute Gasteiger partial charge is 0.272 e. The molecule has 0 unspecified atom stereocenters. The van der Waals surface area contributed by atoms with E-state index in [1.54, 1.807) is 20.2 Å². The number of nitrogens with one attached hydrogen (secondary N) is 2. The van der Waals surface area contributed by atoms with Gasteiger partial charge >= 0.3 is 0 Å². The summed E-state index contributed by atoms with van der Waals surface area (Å²) >= 11 is 5.27. The van der Waals surface area contributed by atoms with Crippen LogP contribution in [-0.2, 0) is 4.74 Å². The molecule has 1 fully saturated rings. The highest BCUT2D eigenvalue weighted by Crippen LogP contribution is 2.29. The van der Waals surface area contributed by atoms with E-state index in [0.29, 0.717) is 29.9 Å². The number of nitro groups is 1. The molecule has 0 atom stereocenters. The Labute approximate surface area is 176 Å². The first-order valence-corrected chi connectivity index (χ1v) is 10.1. The number of non-ortho nitro benzene ring substituents is 1. The van der Waals surface area contributed by atoms with Gasteiger partial charge in [0.15, 0.2) is 5.11 Å². The summed E-state index contributed by atoms with van der Waals surface area (Å²) in [5, 5.41) is 16.0. The lowest BCUT2D eigenvalue weighted by Gasteiger charge is -2.33. The maximum Gasteiger partial charge on any atom is 0.272 e. The lowest BCUT2D eigenvalue weighted by Crippen LogP contribution is -2.48. The number of hydrogen-bond donors (Lipinski definition) is 2. The number of nitrogens with zero attached hydrogens (tertiary/aromatic N) is 3. The van der Waals surface area contributed by atoms with E-state index in [-0.39, 0.29) is 11.3 Å². The largest absolute Gasteiger partial charge is 0.385 e. The standard InChI is InChI=1S/C19H29N5O4S/c1-14-7-10-23(11-8-14)17-6-5-15(24(26)27)13-16(17)18(25)21-22(2)19(29)20-9-4-12-28-3/h5-6,13-14H,4,7-12H2,1-3H3,(H,20,29)(H,21,25). The van der Waals surface area contributed by atoms with Crippen LogP contribution in [0.3, 0.4) is 0 Å². The summed E-state index contributed by atoms with van der Waals surface area (Å²) in [4.78, 5) is 25.8. The zero-order valence-electron chi connectivity index (χ0n) is 17.1. The first-order chi connectivity index (χ1) is 13.8. The molecule has 10 heteroatoms. The number of hydrazine groups is 1. The molecule has 1 aromatic rings. The van der Waals surface area contributed by atoms with E-state index < -0.39 is 10.8 Å². The summed E-state index contributed by atoms with van der Waals surface area (Å²) in [6.07, 6.45) is 2.82. The van der Waals surface area contributed by atoms with Crippen LogP contribution in [0.4, 0.5) is 11.4 Å². The van der Waals surface area contributed by atoms with Gasteiger partial charge in [0.05, 0.1) is 16.2 Å². The van der Waals surface area contributed by atoms with Crippen molar-refractivity contribution in [2.24, 2.45) is 5.92 Å². The fourth-order valence-electron chi connectivity index (χ4n) is 3.14. The number of nitro benzene ring substituents is 1. The molecule has 1 amide bonds. The summed E-state index contributed by atoms with van der Waals surface area (Å²) in [6.45, 7) is 5.05. The topological polar surface area (TPSA) is 100.0 Å². The Bertz CT molecular complexity index is 737. The number of ether oxygens (including phenoxy) is 1. The minimum atomic E-state index is -0.495. The van der Waals surface area contributed by atoms with E-state index in [9.17, 15) is 14.9 Å². The molecule has 1 aliphatic heterocycles. The molecule has 0 aromatic heterocycles. The average molecular weight is 424 g/mol. The van der Waals surface area contributed by atoms with Crippen LogP contribution in [0.15, 0.2) is 18.2 Å². The number of rotatable bonds is 7. The molecule has 1 heterocycles. The predicted octanol–water partition coefficient (Wildman–Crippen LogP) is 2.32. The van der Waals surface area contributed by atoms with Crippen molar-refractivity contribution in [2.75, 3.05) is 45.3 Å². The minimum absolute atomic E-state index is 0.118. The monoisotopic (exact) mass is 423 g/mol. The number of anilines is 1. The molecule has 2 rings (SSSR count). The van der Waals surface area contributed by atoms with Crippen molar-refractivity contribution in [2.45, 2.75) is 26.2 Å².